The number of ether oxygens (including phenoxy) is 3. The highest BCUT2D eigenvalue weighted by Crippen LogP contribution is 2.18. The van der Waals surface area contributed by atoms with E-state index >= 15 is 0 Å². The number of piperidine rings is 1. The van der Waals surface area contributed by atoms with Gasteiger partial charge in [-0.25, -0.2) is 4.39 Å². The van der Waals surface area contributed by atoms with Gasteiger partial charge in [0.1, 0.15) is 17.7 Å². The smallest absolute Gasteiger partial charge is 0.260 e. The highest BCUT2D eigenvalue weighted by molar-refractivity contribution is 5.77. The van der Waals surface area contributed by atoms with E-state index in [9.17, 15) is 9.18 Å². The highest BCUT2D eigenvalue weighted by atomic mass is 19.1. The number of carbonyl (C=O) groups is 1. The molecule has 1 aromatic heterocycles. The molecule has 1 atom stereocenters. The van der Waals surface area contributed by atoms with E-state index in [1.54, 1.807) is 4.90 Å². The fraction of sp³-hybridized carbons (Fsp3) is 0.389. The van der Waals surface area contributed by atoms with Crippen LogP contribution >= 0.6 is 0 Å². The zero-order valence-corrected chi connectivity index (χ0v) is 14.4. The van der Waals surface area contributed by atoms with Crippen LogP contribution in [0.5, 0.6) is 17.5 Å². The lowest BCUT2D eigenvalue weighted by atomic mass is 10.1. The summed E-state index contributed by atoms with van der Waals surface area (Å²) in [6.07, 6.45) is 4.49. The van der Waals surface area contributed by atoms with Crippen molar-refractivity contribution in [3.05, 3.63) is 42.5 Å². The molecular formula is C18H20FN3O4. The molecule has 1 aliphatic rings. The lowest BCUT2D eigenvalue weighted by molar-refractivity contribution is -0.136. The number of amides is 1. The normalized spacial score (nSPS) is 16.8. The zero-order chi connectivity index (χ0) is 18.4. The molecule has 3 rings (SSSR count). The van der Waals surface area contributed by atoms with Crippen molar-refractivity contribution in [1.82, 2.24) is 14.9 Å². The molecule has 7 nitrogen and oxygen atoms in total. The Morgan fingerprint density at radius 1 is 1.27 bits per heavy atom. The van der Waals surface area contributed by atoms with Gasteiger partial charge in [-0.05, 0) is 37.1 Å². The number of likely N-dealkylation sites (tertiary alicyclic amines) is 1. The van der Waals surface area contributed by atoms with E-state index in [2.05, 4.69) is 9.97 Å². The van der Waals surface area contributed by atoms with E-state index in [-0.39, 0.29) is 24.4 Å². The van der Waals surface area contributed by atoms with Crippen LogP contribution in [0.3, 0.4) is 0 Å². The van der Waals surface area contributed by atoms with Crippen molar-refractivity contribution in [3.8, 4) is 17.5 Å². The van der Waals surface area contributed by atoms with Crippen molar-refractivity contribution in [2.75, 3.05) is 26.8 Å². The average molecular weight is 361 g/mol. The number of nitrogens with zero attached hydrogens (tertiary/aromatic N) is 3. The Hall–Kier alpha value is -2.90. The third-order valence-corrected chi connectivity index (χ3v) is 3.99. The predicted octanol–water partition coefficient (Wildman–Crippen LogP) is 2.07. The van der Waals surface area contributed by atoms with Crippen molar-refractivity contribution in [1.29, 1.82) is 0 Å². The number of hydrogen-bond donors (Lipinski definition) is 0. The maximum Gasteiger partial charge on any atom is 0.260 e. The molecule has 0 N–H and O–H groups in total. The average Bonchev–Trinajstić information content (AvgIpc) is 2.67. The summed E-state index contributed by atoms with van der Waals surface area (Å²) in [6, 6.07) is 5.57. The third-order valence-electron chi connectivity index (χ3n) is 3.99. The third kappa shape index (κ3) is 4.81. The molecule has 1 unspecified atom stereocenters. The molecule has 1 fully saturated rings. The van der Waals surface area contributed by atoms with Gasteiger partial charge in [0.05, 0.1) is 26.0 Å². The predicted molar refractivity (Wildman–Crippen MR) is 90.7 cm³/mol. The van der Waals surface area contributed by atoms with Gasteiger partial charge in [-0.3, -0.25) is 9.78 Å². The summed E-state index contributed by atoms with van der Waals surface area (Å²) in [5, 5.41) is 0. The van der Waals surface area contributed by atoms with Crippen LogP contribution in [0, 0.1) is 5.82 Å². The number of halogens is 1. The van der Waals surface area contributed by atoms with Crippen LogP contribution in [0.1, 0.15) is 12.8 Å². The number of aromatic nitrogens is 2. The first kappa shape index (κ1) is 17.9. The van der Waals surface area contributed by atoms with Gasteiger partial charge in [0.25, 0.3) is 5.91 Å². The molecule has 0 saturated carbocycles. The monoisotopic (exact) mass is 361 g/mol. The van der Waals surface area contributed by atoms with Crippen molar-refractivity contribution in [3.63, 3.8) is 0 Å². The first-order valence-electron chi connectivity index (χ1n) is 8.33. The fourth-order valence-electron chi connectivity index (χ4n) is 2.69. The Balaban J connectivity index is 1.52. The maximum atomic E-state index is 12.9. The Morgan fingerprint density at radius 2 is 2.04 bits per heavy atom. The van der Waals surface area contributed by atoms with E-state index in [4.69, 9.17) is 14.2 Å². The Bertz CT molecular complexity index is 741. The van der Waals surface area contributed by atoms with Crippen LogP contribution in [0.15, 0.2) is 36.7 Å². The summed E-state index contributed by atoms with van der Waals surface area (Å²) in [6.45, 7) is 0.997. The number of carbonyl (C=O) groups excluding carboxylic acids is 1. The molecule has 8 heteroatoms. The molecule has 1 saturated heterocycles. The van der Waals surface area contributed by atoms with E-state index in [0.717, 1.165) is 12.8 Å². The van der Waals surface area contributed by atoms with Crippen molar-refractivity contribution in [2.24, 2.45) is 0 Å². The van der Waals surface area contributed by atoms with Gasteiger partial charge in [-0.15, -0.1) is 0 Å². The second kappa shape index (κ2) is 8.46. The van der Waals surface area contributed by atoms with Crippen LogP contribution in [-0.2, 0) is 4.79 Å². The first-order chi connectivity index (χ1) is 12.6. The largest absolute Gasteiger partial charge is 0.484 e. The van der Waals surface area contributed by atoms with Gasteiger partial charge in [0.15, 0.2) is 6.61 Å². The summed E-state index contributed by atoms with van der Waals surface area (Å²) >= 11 is 0. The van der Waals surface area contributed by atoms with Gasteiger partial charge >= 0.3 is 0 Å². The molecule has 2 heterocycles. The van der Waals surface area contributed by atoms with Gasteiger partial charge in [0.2, 0.25) is 11.8 Å². The standard InChI is InChI=1S/C18H20FN3O4/c1-24-16-9-20-10-17(21-16)26-15-3-2-8-22(11-15)18(23)12-25-14-6-4-13(19)5-7-14/h4-7,9-10,15H,2-3,8,11-12H2,1H3. The number of methoxy groups -OCH3 is 1. The van der Waals surface area contributed by atoms with Crippen molar-refractivity contribution >= 4 is 5.91 Å². The van der Waals surface area contributed by atoms with Crippen LogP contribution in [0.2, 0.25) is 0 Å². The van der Waals surface area contributed by atoms with Gasteiger partial charge in [-0.1, -0.05) is 0 Å². The molecule has 0 bridgehead atoms. The Labute approximate surface area is 150 Å². The lowest BCUT2D eigenvalue weighted by Gasteiger charge is -2.32. The molecule has 0 aliphatic carbocycles. The zero-order valence-electron chi connectivity index (χ0n) is 14.4. The maximum absolute atomic E-state index is 12.9. The van der Waals surface area contributed by atoms with Gasteiger partial charge in [0, 0.05) is 6.54 Å². The quantitative estimate of drug-likeness (QED) is 0.784. The van der Waals surface area contributed by atoms with E-state index in [1.165, 1.54) is 43.8 Å². The SMILES string of the molecule is COc1cncc(OC2CCCN(C(=O)COc3ccc(F)cc3)C2)n1. The number of hydrogen-bond acceptors (Lipinski definition) is 6. The number of rotatable bonds is 6. The van der Waals surface area contributed by atoms with Crippen LogP contribution in [0.25, 0.3) is 0 Å². The van der Waals surface area contributed by atoms with E-state index in [1.807, 2.05) is 0 Å². The van der Waals surface area contributed by atoms with Crippen LogP contribution < -0.4 is 14.2 Å². The van der Waals surface area contributed by atoms with E-state index in [0.29, 0.717) is 30.6 Å². The summed E-state index contributed by atoms with van der Waals surface area (Å²) in [5.74, 6) is 0.709. The molecule has 1 amide bonds. The molecule has 1 aromatic carbocycles. The second-order valence-corrected chi connectivity index (χ2v) is 5.86. The second-order valence-electron chi connectivity index (χ2n) is 5.86. The molecule has 2 aromatic rings. The molecule has 0 radical (unpaired) electrons. The Morgan fingerprint density at radius 3 is 2.81 bits per heavy atom. The molecular weight excluding hydrogens is 341 g/mol. The molecule has 0 spiro atoms. The summed E-state index contributed by atoms with van der Waals surface area (Å²) < 4.78 is 29.2. The Kier molecular flexibility index (Phi) is 5.83. The summed E-state index contributed by atoms with van der Waals surface area (Å²) in [5.41, 5.74) is 0. The minimum Gasteiger partial charge on any atom is -0.484 e. The molecule has 138 valence electrons. The van der Waals surface area contributed by atoms with Crippen molar-refractivity contribution in [2.45, 2.75) is 18.9 Å². The minimum atomic E-state index is -0.347. The summed E-state index contributed by atoms with van der Waals surface area (Å²) in [4.78, 5) is 22.2. The van der Waals surface area contributed by atoms with Gasteiger partial charge < -0.3 is 19.1 Å². The summed E-state index contributed by atoms with van der Waals surface area (Å²) in [7, 11) is 1.51. The van der Waals surface area contributed by atoms with Crippen LogP contribution in [0.4, 0.5) is 4.39 Å². The molecule has 1 aliphatic heterocycles. The van der Waals surface area contributed by atoms with Crippen LogP contribution in [-0.4, -0.2) is 53.7 Å². The molecule has 26 heavy (non-hydrogen) atoms. The minimum absolute atomic E-state index is 0.0999. The fourth-order valence-corrected chi connectivity index (χ4v) is 2.69. The topological polar surface area (TPSA) is 73.8 Å². The first-order valence-corrected chi connectivity index (χ1v) is 8.33. The lowest BCUT2D eigenvalue weighted by Crippen LogP contribution is -2.46. The highest BCUT2D eigenvalue weighted by Gasteiger charge is 2.25. The van der Waals surface area contributed by atoms with Crippen molar-refractivity contribution < 1.29 is 23.4 Å². The number of benzene rings is 1. The van der Waals surface area contributed by atoms with E-state index < -0.39 is 0 Å². The van der Waals surface area contributed by atoms with Gasteiger partial charge in [-0.2, -0.15) is 4.98 Å².